The van der Waals surface area contributed by atoms with E-state index in [0.717, 1.165) is 27.8 Å². The van der Waals surface area contributed by atoms with Crippen molar-refractivity contribution in [2.75, 3.05) is 11.1 Å². The number of pyridine rings is 1. The smallest absolute Gasteiger partial charge is 0.256 e. The van der Waals surface area contributed by atoms with Crippen molar-refractivity contribution in [2.45, 2.75) is 13.8 Å². The fourth-order valence-electron chi connectivity index (χ4n) is 2.46. The largest absolute Gasteiger partial charge is 0.399 e. The molecule has 0 unspecified atom stereocenters. The molecule has 3 N–H and O–H groups in total. The van der Waals surface area contributed by atoms with Crippen LogP contribution in [0.5, 0.6) is 0 Å². The second kappa shape index (κ2) is 5.48. The Balaban J connectivity index is 2.04. The number of anilines is 2. The van der Waals surface area contributed by atoms with Gasteiger partial charge in [0.15, 0.2) is 0 Å². The third kappa shape index (κ3) is 2.63. The van der Waals surface area contributed by atoms with Gasteiger partial charge in [-0.2, -0.15) is 0 Å². The van der Waals surface area contributed by atoms with E-state index in [1.807, 2.05) is 50.2 Å². The van der Waals surface area contributed by atoms with E-state index in [-0.39, 0.29) is 5.91 Å². The van der Waals surface area contributed by atoms with Gasteiger partial charge in [0.25, 0.3) is 5.91 Å². The molecule has 4 heteroatoms. The zero-order chi connectivity index (χ0) is 15.7. The fourth-order valence-corrected chi connectivity index (χ4v) is 2.46. The molecule has 1 aromatic heterocycles. The molecule has 3 rings (SSSR count). The highest BCUT2D eigenvalue weighted by Crippen LogP contribution is 2.22. The number of nitrogens with two attached hydrogens (primary N) is 1. The normalized spacial score (nSPS) is 10.6. The number of hydrogen-bond acceptors (Lipinski definition) is 3. The number of nitrogens with one attached hydrogen (secondary N) is 1. The van der Waals surface area contributed by atoms with Crippen molar-refractivity contribution in [1.82, 2.24) is 4.98 Å². The summed E-state index contributed by atoms with van der Waals surface area (Å²) in [5, 5.41) is 3.78. The van der Waals surface area contributed by atoms with Crippen LogP contribution in [0.2, 0.25) is 0 Å². The summed E-state index contributed by atoms with van der Waals surface area (Å²) in [5.41, 5.74) is 10.4. The quantitative estimate of drug-likeness (QED) is 0.708. The lowest BCUT2D eigenvalue weighted by molar-refractivity contribution is 0.102. The average molecular weight is 291 g/mol. The van der Waals surface area contributed by atoms with E-state index in [4.69, 9.17) is 5.73 Å². The van der Waals surface area contributed by atoms with Crippen molar-refractivity contribution in [2.24, 2.45) is 0 Å². The van der Waals surface area contributed by atoms with Crippen molar-refractivity contribution in [1.29, 1.82) is 0 Å². The van der Waals surface area contributed by atoms with E-state index >= 15 is 0 Å². The first kappa shape index (κ1) is 14.1. The van der Waals surface area contributed by atoms with Crippen molar-refractivity contribution < 1.29 is 4.79 Å². The maximum atomic E-state index is 12.7. The number of carbonyl (C=O) groups excluding carboxylic acids is 1. The minimum atomic E-state index is -0.157. The molecule has 0 atom stereocenters. The minimum Gasteiger partial charge on any atom is -0.399 e. The van der Waals surface area contributed by atoms with Crippen LogP contribution in [0, 0.1) is 13.8 Å². The van der Waals surface area contributed by atoms with Gasteiger partial charge < -0.3 is 11.1 Å². The summed E-state index contributed by atoms with van der Waals surface area (Å²) in [6, 6.07) is 14.9. The Kier molecular flexibility index (Phi) is 3.51. The monoisotopic (exact) mass is 291 g/mol. The third-order valence-corrected chi connectivity index (χ3v) is 3.60. The van der Waals surface area contributed by atoms with E-state index in [1.165, 1.54) is 0 Å². The molecule has 2 aromatic carbocycles. The van der Waals surface area contributed by atoms with Crippen LogP contribution in [0.25, 0.3) is 10.9 Å². The third-order valence-electron chi connectivity index (χ3n) is 3.60. The number of benzene rings is 2. The van der Waals surface area contributed by atoms with Gasteiger partial charge in [-0.25, -0.2) is 0 Å². The van der Waals surface area contributed by atoms with Gasteiger partial charge in [0.05, 0.1) is 11.1 Å². The Labute approximate surface area is 129 Å². The molecule has 1 amide bonds. The molecular weight excluding hydrogens is 274 g/mol. The topological polar surface area (TPSA) is 68.0 Å². The lowest BCUT2D eigenvalue weighted by atomic mass is 10.1. The number of amides is 1. The van der Waals surface area contributed by atoms with Crippen LogP contribution >= 0.6 is 0 Å². The second-order valence-corrected chi connectivity index (χ2v) is 5.36. The Morgan fingerprint density at radius 1 is 1.09 bits per heavy atom. The SMILES string of the molecule is Cc1cc(C(=O)Nc2cc(N)ccc2C)c2ccccc2n1. The summed E-state index contributed by atoms with van der Waals surface area (Å²) in [6.07, 6.45) is 0. The molecule has 0 radical (unpaired) electrons. The van der Waals surface area contributed by atoms with Crippen LogP contribution in [0.4, 0.5) is 11.4 Å². The van der Waals surface area contributed by atoms with Gasteiger partial charge in [-0.05, 0) is 43.7 Å². The number of para-hydroxylation sites is 1. The Bertz CT molecular complexity index is 871. The average Bonchev–Trinajstić information content (AvgIpc) is 2.50. The molecule has 0 aliphatic carbocycles. The molecule has 4 nitrogen and oxygen atoms in total. The lowest BCUT2D eigenvalue weighted by Crippen LogP contribution is -2.14. The molecule has 3 aromatic rings. The molecule has 1 heterocycles. The van der Waals surface area contributed by atoms with E-state index in [2.05, 4.69) is 10.3 Å². The fraction of sp³-hybridized carbons (Fsp3) is 0.111. The van der Waals surface area contributed by atoms with Gasteiger partial charge in [-0.1, -0.05) is 24.3 Å². The lowest BCUT2D eigenvalue weighted by Gasteiger charge is -2.11. The van der Waals surface area contributed by atoms with Crippen LogP contribution in [0.3, 0.4) is 0 Å². The predicted octanol–water partition coefficient (Wildman–Crippen LogP) is 3.69. The number of nitrogen functional groups attached to an aromatic ring is 1. The number of rotatable bonds is 2. The number of nitrogens with zero attached hydrogens (tertiary/aromatic N) is 1. The zero-order valence-corrected chi connectivity index (χ0v) is 12.6. The molecule has 0 bridgehead atoms. The first-order valence-electron chi connectivity index (χ1n) is 7.08. The van der Waals surface area contributed by atoms with Crippen molar-refractivity contribution >= 4 is 28.2 Å². The summed E-state index contributed by atoms with van der Waals surface area (Å²) >= 11 is 0. The summed E-state index contributed by atoms with van der Waals surface area (Å²) in [7, 11) is 0. The van der Waals surface area contributed by atoms with Crippen LogP contribution in [-0.2, 0) is 0 Å². The standard InChI is InChI=1S/C18H17N3O/c1-11-7-8-13(19)10-17(11)21-18(22)15-9-12(2)20-16-6-4-3-5-14(15)16/h3-10H,19H2,1-2H3,(H,21,22). The number of hydrogen-bond donors (Lipinski definition) is 2. The van der Waals surface area contributed by atoms with E-state index in [0.29, 0.717) is 11.3 Å². The molecule has 0 spiro atoms. The molecule has 110 valence electrons. The van der Waals surface area contributed by atoms with Crippen LogP contribution in [0.1, 0.15) is 21.6 Å². The Hall–Kier alpha value is -2.88. The second-order valence-electron chi connectivity index (χ2n) is 5.36. The summed E-state index contributed by atoms with van der Waals surface area (Å²) in [6.45, 7) is 3.82. The van der Waals surface area contributed by atoms with E-state index < -0.39 is 0 Å². The molecule has 0 aliphatic heterocycles. The van der Waals surface area contributed by atoms with Crippen LogP contribution in [0.15, 0.2) is 48.5 Å². The van der Waals surface area contributed by atoms with E-state index in [1.54, 1.807) is 12.1 Å². The maximum absolute atomic E-state index is 12.7. The highest BCUT2D eigenvalue weighted by atomic mass is 16.1. The number of carbonyl (C=O) groups is 1. The van der Waals surface area contributed by atoms with E-state index in [9.17, 15) is 4.79 Å². The highest BCUT2D eigenvalue weighted by Gasteiger charge is 2.13. The summed E-state index contributed by atoms with van der Waals surface area (Å²) < 4.78 is 0. The molecule has 0 fully saturated rings. The van der Waals surface area contributed by atoms with Gasteiger partial charge in [0.2, 0.25) is 0 Å². The molecule has 0 saturated heterocycles. The molecule has 22 heavy (non-hydrogen) atoms. The number of aryl methyl sites for hydroxylation is 2. The summed E-state index contributed by atoms with van der Waals surface area (Å²) in [4.78, 5) is 17.1. The number of aromatic nitrogens is 1. The van der Waals surface area contributed by atoms with Gasteiger partial charge in [0.1, 0.15) is 0 Å². The minimum absolute atomic E-state index is 0.157. The van der Waals surface area contributed by atoms with Crippen molar-refractivity contribution in [3.05, 3.63) is 65.4 Å². The van der Waals surface area contributed by atoms with Gasteiger partial charge >= 0.3 is 0 Å². The van der Waals surface area contributed by atoms with Gasteiger partial charge in [-0.3, -0.25) is 9.78 Å². The van der Waals surface area contributed by atoms with Crippen molar-refractivity contribution in [3.63, 3.8) is 0 Å². The first-order chi connectivity index (χ1) is 10.5. The zero-order valence-electron chi connectivity index (χ0n) is 12.6. The predicted molar refractivity (Wildman–Crippen MR) is 90.0 cm³/mol. The Morgan fingerprint density at radius 3 is 2.68 bits per heavy atom. The molecule has 0 saturated carbocycles. The van der Waals surface area contributed by atoms with Gasteiger partial charge in [0, 0.05) is 22.5 Å². The first-order valence-corrected chi connectivity index (χ1v) is 7.08. The molecule has 0 aliphatic rings. The summed E-state index contributed by atoms with van der Waals surface area (Å²) in [5.74, 6) is -0.157. The maximum Gasteiger partial charge on any atom is 0.256 e. The van der Waals surface area contributed by atoms with Gasteiger partial charge in [-0.15, -0.1) is 0 Å². The van der Waals surface area contributed by atoms with Crippen molar-refractivity contribution in [3.8, 4) is 0 Å². The highest BCUT2D eigenvalue weighted by molar-refractivity contribution is 6.12. The Morgan fingerprint density at radius 2 is 1.86 bits per heavy atom. The van der Waals surface area contributed by atoms with Crippen LogP contribution < -0.4 is 11.1 Å². The van der Waals surface area contributed by atoms with Crippen LogP contribution in [-0.4, -0.2) is 10.9 Å². The molecular formula is C18H17N3O. The number of fused-ring (bicyclic) bond motifs is 1.